The van der Waals surface area contributed by atoms with E-state index in [-0.39, 0.29) is 5.91 Å². The molecule has 4 rings (SSSR count). The summed E-state index contributed by atoms with van der Waals surface area (Å²) in [5.41, 5.74) is 1.60. The zero-order chi connectivity index (χ0) is 21.5. The first-order valence-corrected chi connectivity index (χ1v) is 11.5. The Bertz CT molecular complexity index is 1020. The fourth-order valence-corrected chi connectivity index (χ4v) is 4.26. The third-order valence-electron chi connectivity index (χ3n) is 5.22. The van der Waals surface area contributed by atoms with E-state index in [2.05, 4.69) is 14.6 Å². The number of rotatable bonds is 2. The van der Waals surface area contributed by atoms with Crippen LogP contribution >= 0.6 is 11.5 Å². The smallest absolute Gasteiger partial charge is 0.267 e. The summed E-state index contributed by atoms with van der Waals surface area (Å²) in [6.45, 7) is 3.69. The molecule has 0 aliphatic carbocycles. The van der Waals surface area contributed by atoms with Crippen molar-refractivity contribution in [3.63, 3.8) is 0 Å². The highest BCUT2D eigenvalue weighted by Crippen LogP contribution is 2.33. The van der Waals surface area contributed by atoms with Gasteiger partial charge in [0.1, 0.15) is 4.88 Å². The van der Waals surface area contributed by atoms with Gasteiger partial charge in [0.05, 0.1) is 18.8 Å². The molecule has 1 aliphatic heterocycles. The number of fused-ring (bicyclic) bond motifs is 2. The van der Waals surface area contributed by atoms with Gasteiger partial charge in [0.25, 0.3) is 5.91 Å². The van der Waals surface area contributed by atoms with Gasteiger partial charge in [0.15, 0.2) is 11.5 Å². The summed E-state index contributed by atoms with van der Waals surface area (Å²) >= 11 is 1.17. The third-order valence-corrected chi connectivity index (χ3v) is 5.98. The van der Waals surface area contributed by atoms with Gasteiger partial charge in [-0.05, 0) is 49.0 Å². The molecule has 1 aromatic carbocycles. The van der Waals surface area contributed by atoms with Crippen LogP contribution in [0.4, 0.5) is 0 Å². The number of carbonyl (C=O) groups excluding carboxylic acids is 1. The van der Waals surface area contributed by atoms with Gasteiger partial charge >= 0.3 is 0 Å². The standard InChI is InChI=1S/C23H26N4O3S/c1-2-18-21(31-26-25-18)23(28)27-14-7-3-4-8-15-29-19-11-5-6-12-20(19)30-22-17(16-27)10-9-13-24-22/h5-6,9-13H,2-4,7-8,14-16H2,1H3. The zero-order valence-corrected chi connectivity index (χ0v) is 18.4. The Balaban J connectivity index is 1.66. The summed E-state index contributed by atoms with van der Waals surface area (Å²) in [4.78, 5) is 20.3. The largest absolute Gasteiger partial charge is 0.490 e. The SMILES string of the molecule is CCc1nnsc1C(=O)N1CCCCCCOc2ccccc2Oc2ncccc2C1. The molecule has 0 bridgehead atoms. The van der Waals surface area contributed by atoms with Crippen molar-refractivity contribution in [2.45, 2.75) is 45.6 Å². The number of benzene rings is 1. The van der Waals surface area contributed by atoms with E-state index in [1.165, 1.54) is 11.5 Å². The first-order chi connectivity index (χ1) is 15.3. The predicted molar refractivity (Wildman–Crippen MR) is 119 cm³/mol. The minimum absolute atomic E-state index is 0.0301. The van der Waals surface area contributed by atoms with E-state index in [1.807, 2.05) is 48.2 Å². The average molecular weight is 439 g/mol. The topological polar surface area (TPSA) is 77.4 Å². The Kier molecular flexibility index (Phi) is 7.09. The average Bonchev–Trinajstić information content (AvgIpc) is 3.28. The highest BCUT2D eigenvalue weighted by atomic mass is 32.1. The van der Waals surface area contributed by atoms with Gasteiger partial charge in [-0.3, -0.25) is 4.79 Å². The number of hydrogen-bond acceptors (Lipinski definition) is 7. The molecule has 0 spiro atoms. The van der Waals surface area contributed by atoms with E-state index >= 15 is 0 Å². The molecule has 0 N–H and O–H groups in total. The van der Waals surface area contributed by atoms with Gasteiger partial charge in [0.2, 0.25) is 5.88 Å². The van der Waals surface area contributed by atoms with Crippen LogP contribution in [0.5, 0.6) is 17.4 Å². The van der Waals surface area contributed by atoms with Crippen molar-refractivity contribution in [1.29, 1.82) is 0 Å². The van der Waals surface area contributed by atoms with Crippen molar-refractivity contribution in [2.24, 2.45) is 0 Å². The number of pyridine rings is 1. The molecule has 162 valence electrons. The Morgan fingerprint density at radius 3 is 2.81 bits per heavy atom. The molecule has 1 aliphatic rings. The van der Waals surface area contributed by atoms with Crippen molar-refractivity contribution in [2.75, 3.05) is 13.2 Å². The molecule has 3 heterocycles. The summed E-state index contributed by atoms with van der Waals surface area (Å²) < 4.78 is 16.1. The number of hydrogen-bond donors (Lipinski definition) is 0. The van der Waals surface area contributed by atoms with E-state index in [9.17, 15) is 4.79 Å². The molecule has 3 aromatic rings. The molecule has 0 atom stereocenters. The van der Waals surface area contributed by atoms with Crippen molar-refractivity contribution in [3.05, 3.63) is 58.7 Å². The third kappa shape index (κ3) is 5.19. The van der Waals surface area contributed by atoms with Gasteiger partial charge in [0, 0.05) is 18.3 Å². The van der Waals surface area contributed by atoms with E-state index in [1.54, 1.807) is 6.20 Å². The monoisotopic (exact) mass is 438 g/mol. The lowest BCUT2D eigenvalue weighted by Gasteiger charge is -2.24. The molecule has 7 nitrogen and oxygen atoms in total. The number of para-hydroxylation sites is 2. The quantitative estimate of drug-likeness (QED) is 0.567. The Hall–Kier alpha value is -3.00. The number of ether oxygens (including phenoxy) is 2. The fourth-order valence-electron chi connectivity index (χ4n) is 3.54. The van der Waals surface area contributed by atoms with Crippen LogP contribution in [0.3, 0.4) is 0 Å². The summed E-state index contributed by atoms with van der Waals surface area (Å²) in [5, 5.41) is 4.12. The number of carbonyl (C=O) groups is 1. The summed E-state index contributed by atoms with van der Waals surface area (Å²) in [5.74, 6) is 1.77. The first-order valence-electron chi connectivity index (χ1n) is 10.7. The minimum Gasteiger partial charge on any atom is -0.490 e. The number of aryl methyl sites for hydroxylation is 1. The zero-order valence-electron chi connectivity index (χ0n) is 17.6. The van der Waals surface area contributed by atoms with E-state index < -0.39 is 0 Å². The molecule has 0 fully saturated rings. The lowest BCUT2D eigenvalue weighted by atomic mass is 10.1. The summed E-state index contributed by atoms with van der Waals surface area (Å²) in [6.07, 6.45) is 6.34. The van der Waals surface area contributed by atoms with Crippen LogP contribution in [0.2, 0.25) is 0 Å². The molecule has 0 saturated carbocycles. The number of amides is 1. The van der Waals surface area contributed by atoms with E-state index in [0.29, 0.717) is 48.4 Å². The predicted octanol–water partition coefficient (Wildman–Crippen LogP) is 4.88. The van der Waals surface area contributed by atoms with Gasteiger partial charge in [-0.1, -0.05) is 42.5 Å². The Morgan fingerprint density at radius 1 is 1.10 bits per heavy atom. The normalized spacial score (nSPS) is 15.1. The minimum atomic E-state index is -0.0301. The number of nitrogens with zero attached hydrogens (tertiary/aromatic N) is 4. The molecular formula is C23H26N4O3S. The maximum absolute atomic E-state index is 13.4. The van der Waals surface area contributed by atoms with Crippen LogP contribution in [0, 0.1) is 0 Å². The van der Waals surface area contributed by atoms with Crippen LogP contribution in [-0.2, 0) is 13.0 Å². The van der Waals surface area contributed by atoms with Gasteiger partial charge < -0.3 is 14.4 Å². The second-order valence-electron chi connectivity index (χ2n) is 7.41. The second kappa shape index (κ2) is 10.3. The van der Waals surface area contributed by atoms with Crippen LogP contribution in [0.15, 0.2) is 42.6 Å². The number of aromatic nitrogens is 3. The lowest BCUT2D eigenvalue weighted by Crippen LogP contribution is -2.32. The Labute approximate surface area is 186 Å². The van der Waals surface area contributed by atoms with Gasteiger partial charge in [-0.15, -0.1) is 5.10 Å². The van der Waals surface area contributed by atoms with E-state index in [4.69, 9.17) is 9.47 Å². The maximum atomic E-state index is 13.4. The van der Waals surface area contributed by atoms with Crippen LogP contribution < -0.4 is 9.47 Å². The summed E-state index contributed by atoms with van der Waals surface area (Å²) in [6, 6.07) is 11.4. The fraction of sp³-hybridized carbons (Fsp3) is 0.391. The molecule has 0 radical (unpaired) electrons. The first kappa shape index (κ1) is 21.2. The maximum Gasteiger partial charge on any atom is 0.267 e. The molecule has 0 unspecified atom stereocenters. The highest BCUT2D eigenvalue weighted by molar-refractivity contribution is 7.08. The molecule has 0 saturated heterocycles. The lowest BCUT2D eigenvalue weighted by molar-refractivity contribution is 0.0742. The van der Waals surface area contributed by atoms with Gasteiger partial charge in [-0.25, -0.2) is 4.98 Å². The highest BCUT2D eigenvalue weighted by Gasteiger charge is 2.23. The Morgan fingerprint density at radius 2 is 1.94 bits per heavy atom. The van der Waals surface area contributed by atoms with Gasteiger partial charge in [-0.2, -0.15) is 0 Å². The summed E-state index contributed by atoms with van der Waals surface area (Å²) in [7, 11) is 0. The molecule has 8 heteroatoms. The van der Waals surface area contributed by atoms with Crippen LogP contribution in [-0.4, -0.2) is 38.5 Å². The second-order valence-corrected chi connectivity index (χ2v) is 8.16. The van der Waals surface area contributed by atoms with Crippen LogP contribution in [0.25, 0.3) is 0 Å². The van der Waals surface area contributed by atoms with Crippen molar-refractivity contribution in [1.82, 2.24) is 19.5 Å². The molecule has 1 amide bonds. The molecular weight excluding hydrogens is 412 g/mol. The van der Waals surface area contributed by atoms with E-state index in [0.717, 1.165) is 36.9 Å². The molecule has 2 aromatic heterocycles. The van der Waals surface area contributed by atoms with Crippen molar-refractivity contribution < 1.29 is 14.3 Å². The van der Waals surface area contributed by atoms with Crippen LogP contribution in [0.1, 0.15) is 53.5 Å². The van der Waals surface area contributed by atoms with Crippen molar-refractivity contribution >= 4 is 17.4 Å². The van der Waals surface area contributed by atoms with Crippen molar-refractivity contribution in [3.8, 4) is 17.4 Å². The molecule has 31 heavy (non-hydrogen) atoms.